The van der Waals surface area contributed by atoms with E-state index in [0.717, 1.165) is 34.0 Å². The number of hydrogen-bond donors (Lipinski definition) is 3. The molecule has 7 nitrogen and oxygen atoms in total. The highest BCUT2D eigenvalue weighted by Gasteiger charge is 2.07. The van der Waals surface area contributed by atoms with Gasteiger partial charge in [-0.1, -0.05) is 6.07 Å². The van der Waals surface area contributed by atoms with E-state index in [2.05, 4.69) is 25.3 Å². The first kappa shape index (κ1) is 19.8. The molecule has 152 valence electrons. The lowest BCUT2D eigenvalue weighted by atomic mass is 10.1. The van der Waals surface area contributed by atoms with Gasteiger partial charge in [0.25, 0.3) is 0 Å². The van der Waals surface area contributed by atoms with Crippen LogP contribution in [0.5, 0.6) is 5.75 Å². The number of imidazole rings is 1. The third kappa shape index (κ3) is 5.08. The van der Waals surface area contributed by atoms with Crippen LogP contribution in [0.3, 0.4) is 0 Å². The molecule has 1 unspecified atom stereocenters. The molecule has 3 heterocycles. The summed E-state index contributed by atoms with van der Waals surface area (Å²) in [6, 6.07) is 15.4. The van der Waals surface area contributed by atoms with Crippen LogP contribution in [0.2, 0.25) is 0 Å². The van der Waals surface area contributed by atoms with Gasteiger partial charge in [-0.15, -0.1) is 0 Å². The Morgan fingerprint density at radius 3 is 2.53 bits per heavy atom. The van der Waals surface area contributed by atoms with E-state index >= 15 is 0 Å². The lowest BCUT2D eigenvalue weighted by Gasteiger charge is -2.12. The third-order valence-electron chi connectivity index (χ3n) is 4.65. The number of nitrogens with zero attached hydrogens (tertiary/aromatic N) is 3. The molecule has 4 rings (SSSR count). The Hall–Kier alpha value is -3.55. The van der Waals surface area contributed by atoms with Crippen molar-refractivity contribution in [3.05, 3.63) is 85.1 Å². The summed E-state index contributed by atoms with van der Waals surface area (Å²) in [7, 11) is 0. The Bertz CT molecular complexity index is 1040. The SMILES string of the molecule is OC(CNCCOc1ccc(-c2cnc(-c3ccncc3)[nH]2)cc1)c1cccnc1. The standard InChI is InChI=1S/C23H23N5O2/c29-22(19-2-1-9-25-14-19)16-26-12-13-30-20-5-3-17(4-6-20)21-15-27-23(28-21)18-7-10-24-11-8-18/h1-11,14-15,22,26,29H,12-13,16H2,(H,27,28). The molecule has 0 aliphatic heterocycles. The fraction of sp³-hybridized carbons (Fsp3) is 0.174. The van der Waals surface area contributed by atoms with Gasteiger partial charge < -0.3 is 20.1 Å². The van der Waals surface area contributed by atoms with E-state index in [-0.39, 0.29) is 0 Å². The minimum absolute atomic E-state index is 0.452. The van der Waals surface area contributed by atoms with E-state index in [1.54, 1.807) is 24.8 Å². The predicted octanol–water partition coefficient (Wildman–Crippen LogP) is 3.24. The van der Waals surface area contributed by atoms with Crippen LogP contribution in [0.4, 0.5) is 0 Å². The average molecular weight is 401 g/mol. The van der Waals surface area contributed by atoms with E-state index < -0.39 is 6.10 Å². The molecule has 7 heteroatoms. The van der Waals surface area contributed by atoms with Crippen LogP contribution in [0, 0.1) is 0 Å². The molecule has 4 aromatic rings. The highest BCUT2D eigenvalue weighted by Crippen LogP contribution is 2.23. The fourth-order valence-electron chi connectivity index (χ4n) is 3.03. The first-order valence-corrected chi connectivity index (χ1v) is 9.77. The van der Waals surface area contributed by atoms with Crippen molar-refractivity contribution in [1.29, 1.82) is 0 Å². The van der Waals surface area contributed by atoms with Gasteiger partial charge in [-0.2, -0.15) is 0 Å². The van der Waals surface area contributed by atoms with Gasteiger partial charge in [-0.3, -0.25) is 9.97 Å². The van der Waals surface area contributed by atoms with Crippen molar-refractivity contribution in [3.8, 4) is 28.4 Å². The number of aliphatic hydroxyl groups is 1. The van der Waals surface area contributed by atoms with Crippen LogP contribution in [-0.2, 0) is 0 Å². The number of rotatable bonds is 9. The zero-order valence-electron chi connectivity index (χ0n) is 16.4. The molecule has 0 fully saturated rings. The molecular formula is C23H23N5O2. The summed E-state index contributed by atoms with van der Waals surface area (Å²) in [6.45, 7) is 1.60. The zero-order valence-corrected chi connectivity index (χ0v) is 16.4. The normalized spacial score (nSPS) is 11.9. The predicted molar refractivity (Wildman–Crippen MR) is 115 cm³/mol. The van der Waals surface area contributed by atoms with Crippen molar-refractivity contribution in [2.24, 2.45) is 0 Å². The first-order chi connectivity index (χ1) is 14.8. The van der Waals surface area contributed by atoms with Crippen LogP contribution in [-0.4, -0.2) is 44.7 Å². The summed E-state index contributed by atoms with van der Waals surface area (Å²) in [5, 5.41) is 13.3. The average Bonchev–Trinajstić information content (AvgIpc) is 3.31. The van der Waals surface area contributed by atoms with Crippen molar-refractivity contribution in [1.82, 2.24) is 25.3 Å². The van der Waals surface area contributed by atoms with E-state index in [1.807, 2.05) is 54.7 Å². The number of nitrogens with one attached hydrogen (secondary N) is 2. The Morgan fingerprint density at radius 2 is 1.77 bits per heavy atom. The molecule has 0 radical (unpaired) electrons. The maximum absolute atomic E-state index is 10.1. The van der Waals surface area contributed by atoms with Gasteiger partial charge in [0.15, 0.2) is 0 Å². The van der Waals surface area contributed by atoms with Gasteiger partial charge in [0, 0.05) is 49.0 Å². The summed E-state index contributed by atoms with van der Waals surface area (Å²) < 4.78 is 5.77. The fourth-order valence-corrected chi connectivity index (χ4v) is 3.03. The first-order valence-electron chi connectivity index (χ1n) is 9.77. The minimum atomic E-state index is -0.579. The quantitative estimate of drug-likeness (QED) is 0.373. The second-order valence-electron chi connectivity index (χ2n) is 6.76. The summed E-state index contributed by atoms with van der Waals surface area (Å²) in [5.74, 6) is 1.61. The van der Waals surface area contributed by atoms with Gasteiger partial charge in [-0.25, -0.2) is 4.98 Å². The Morgan fingerprint density at radius 1 is 0.933 bits per heavy atom. The van der Waals surface area contributed by atoms with Crippen molar-refractivity contribution in [2.45, 2.75) is 6.10 Å². The number of aromatic amines is 1. The molecule has 0 aliphatic rings. The second kappa shape index (κ2) is 9.78. The topological polar surface area (TPSA) is 96.0 Å². The molecule has 3 N–H and O–H groups in total. The summed E-state index contributed by atoms with van der Waals surface area (Å²) >= 11 is 0. The van der Waals surface area contributed by atoms with Gasteiger partial charge >= 0.3 is 0 Å². The van der Waals surface area contributed by atoms with Crippen molar-refractivity contribution in [3.63, 3.8) is 0 Å². The Balaban J connectivity index is 1.24. The molecule has 1 aromatic carbocycles. The molecule has 0 aliphatic carbocycles. The summed E-state index contributed by atoms with van der Waals surface area (Å²) in [6.07, 6.45) is 8.10. The van der Waals surface area contributed by atoms with Gasteiger partial charge in [0.2, 0.25) is 0 Å². The van der Waals surface area contributed by atoms with E-state index in [0.29, 0.717) is 19.7 Å². The molecule has 0 saturated heterocycles. The van der Waals surface area contributed by atoms with Crippen LogP contribution in [0.25, 0.3) is 22.6 Å². The number of benzene rings is 1. The number of ether oxygens (including phenoxy) is 1. The van der Waals surface area contributed by atoms with Crippen molar-refractivity contribution < 1.29 is 9.84 Å². The molecule has 0 saturated carbocycles. The van der Waals surface area contributed by atoms with E-state index in [1.165, 1.54) is 0 Å². The second-order valence-corrected chi connectivity index (χ2v) is 6.76. The molecule has 1 atom stereocenters. The molecular weight excluding hydrogens is 378 g/mol. The van der Waals surface area contributed by atoms with Gasteiger partial charge in [-0.05, 0) is 48.0 Å². The number of hydrogen-bond acceptors (Lipinski definition) is 6. The molecule has 0 spiro atoms. The highest BCUT2D eigenvalue weighted by molar-refractivity contribution is 5.64. The lowest BCUT2D eigenvalue weighted by molar-refractivity contribution is 0.171. The molecule has 3 aromatic heterocycles. The number of H-pyrrole nitrogens is 1. The zero-order chi connectivity index (χ0) is 20.6. The van der Waals surface area contributed by atoms with Crippen LogP contribution in [0.15, 0.2) is 79.5 Å². The largest absolute Gasteiger partial charge is 0.492 e. The maximum Gasteiger partial charge on any atom is 0.137 e. The summed E-state index contributed by atoms with van der Waals surface area (Å²) in [4.78, 5) is 15.8. The van der Waals surface area contributed by atoms with Gasteiger partial charge in [0.05, 0.1) is 18.0 Å². The summed E-state index contributed by atoms with van der Waals surface area (Å²) in [5.41, 5.74) is 3.78. The van der Waals surface area contributed by atoms with Crippen LogP contribution in [0.1, 0.15) is 11.7 Å². The third-order valence-corrected chi connectivity index (χ3v) is 4.65. The van der Waals surface area contributed by atoms with Crippen LogP contribution >= 0.6 is 0 Å². The minimum Gasteiger partial charge on any atom is -0.492 e. The molecule has 30 heavy (non-hydrogen) atoms. The smallest absolute Gasteiger partial charge is 0.137 e. The Kier molecular flexibility index (Phi) is 6.44. The van der Waals surface area contributed by atoms with Crippen molar-refractivity contribution >= 4 is 0 Å². The number of pyridine rings is 2. The molecule has 0 amide bonds. The maximum atomic E-state index is 10.1. The lowest BCUT2D eigenvalue weighted by Crippen LogP contribution is -2.26. The monoisotopic (exact) mass is 401 g/mol. The van der Waals surface area contributed by atoms with Gasteiger partial charge in [0.1, 0.15) is 18.2 Å². The molecule has 0 bridgehead atoms. The highest BCUT2D eigenvalue weighted by atomic mass is 16.5. The number of aliphatic hydroxyl groups excluding tert-OH is 1. The van der Waals surface area contributed by atoms with Crippen LogP contribution < -0.4 is 10.1 Å². The van der Waals surface area contributed by atoms with E-state index in [9.17, 15) is 5.11 Å². The van der Waals surface area contributed by atoms with Crippen molar-refractivity contribution in [2.75, 3.05) is 19.7 Å². The van der Waals surface area contributed by atoms with E-state index in [4.69, 9.17) is 4.74 Å². The Labute approximate surface area is 174 Å². The number of aromatic nitrogens is 4.